The maximum Gasteiger partial charge on any atom is 0.0856 e. The molecule has 0 aliphatic rings. The minimum atomic E-state index is 0.558. The highest BCUT2D eigenvalue weighted by molar-refractivity contribution is 5.53. The maximum absolute atomic E-state index is 6.94. The van der Waals surface area contributed by atoms with Gasteiger partial charge in [0.1, 0.15) is 0 Å². The lowest BCUT2D eigenvalue weighted by Crippen LogP contribution is -2.12. The first-order valence-electron chi connectivity index (χ1n) is 3.49. The first-order valence-corrected chi connectivity index (χ1v) is 3.49. The summed E-state index contributed by atoms with van der Waals surface area (Å²) in [6.07, 6.45) is 3.44. The van der Waals surface area contributed by atoms with Crippen molar-refractivity contribution in [3.8, 4) is 0 Å². The minimum Gasteiger partial charge on any atom is -0.340 e. The fourth-order valence-electron chi connectivity index (χ4n) is 0.702. The van der Waals surface area contributed by atoms with Gasteiger partial charge in [-0.2, -0.15) is 0 Å². The van der Waals surface area contributed by atoms with Crippen molar-refractivity contribution in [3.63, 3.8) is 0 Å². The van der Waals surface area contributed by atoms with Gasteiger partial charge in [-0.3, -0.25) is 5.41 Å². The molecule has 0 aromatic rings. The summed E-state index contributed by atoms with van der Waals surface area (Å²) in [5.74, 6) is 0.558. The Balaban J connectivity index is 4.04. The number of nitrogens with one attached hydrogen (secondary N) is 1. The summed E-state index contributed by atoms with van der Waals surface area (Å²) in [4.78, 5) is 1.79. The molecule has 0 aromatic carbocycles. The van der Waals surface area contributed by atoms with E-state index in [9.17, 15) is 0 Å². The first-order chi connectivity index (χ1) is 4.57. The third kappa shape index (κ3) is 3.28. The normalized spacial score (nSPS) is 11.9. The number of allylic oxidation sites excluding steroid dienone is 2. The first kappa shape index (κ1) is 9.21. The van der Waals surface area contributed by atoms with Crippen molar-refractivity contribution in [2.24, 2.45) is 5.92 Å². The van der Waals surface area contributed by atoms with Crippen LogP contribution in [0.1, 0.15) is 20.8 Å². The van der Waals surface area contributed by atoms with Gasteiger partial charge in [-0.1, -0.05) is 19.9 Å². The maximum atomic E-state index is 6.94. The van der Waals surface area contributed by atoms with E-state index < -0.39 is 0 Å². The zero-order valence-corrected chi connectivity index (χ0v) is 7.18. The monoisotopic (exact) mass is 140 g/mol. The van der Waals surface area contributed by atoms with Gasteiger partial charge >= 0.3 is 0 Å². The van der Waals surface area contributed by atoms with E-state index in [4.69, 9.17) is 5.41 Å². The van der Waals surface area contributed by atoms with Gasteiger partial charge in [0.2, 0.25) is 0 Å². The number of nitrogens with zero attached hydrogens (tertiary/aromatic N) is 1. The minimum absolute atomic E-state index is 0.558. The number of hydrogen-bond donors (Lipinski definition) is 1. The number of hydrogen-bond acceptors (Lipinski definition) is 1. The second-order valence-corrected chi connectivity index (χ2v) is 2.79. The Bertz CT molecular complexity index is 136. The van der Waals surface area contributed by atoms with Crippen LogP contribution in [-0.2, 0) is 0 Å². The van der Waals surface area contributed by atoms with Gasteiger partial charge in [0.25, 0.3) is 0 Å². The summed E-state index contributed by atoms with van der Waals surface area (Å²) in [7, 11) is 1.88. The molecule has 2 nitrogen and oxygen atoms in total. The Hall–Kier alpha value is -0.790. The van der Waals surface area contributed by atoms with E-state index in [0.29, 0.717) is 5.92 Å². The zero-order valence-electron chi connectivity index (χ0n) is 7.18. The highest BCUT2D eigenvalue weighted by Gasteiger charge is 1.94. The number of rotatable bonds is 3. The Morgan fingerprint density at radius 3 is 2.30 bits per heavy atom. The molecule has 0 rings (SSSR count). The molecule has 1 N–H and O–H groups in total. The van der Waals surface area contributed by atoms with Crippen molar-refractivity contribution in [1.82, 2.24) is 4.90 Å². The quantitative estimate of drug-likeness (QED) is 0.471. The molecule has 0 aliphatic heterocycles. The molecule has 0 radical (unpaired) electrons. The average Bonchev–Trinajstić information content (AvgIpc) is 1.85. The molecule has 58 valence electrons. The van der Waals surface area contributed by atoms with E-state index in [1.165, 1.54) is 6.34 Å². The summed E-state index contributed by atoms with van der Waals surface area (Å²) < 4.78 is 0. The molecule has 0 heterocycles. The summed E-state index contributed by atoms with van der Waals surface area (Å²) in [5, 5.41) is 6.94. The third-order valence-electron chi connectivity index (χ3n) is 1.32. The van der Waals surface area contributed by atoms with Crippen molar-refractivity contribution >= 4 is 6.34 Å². The van der Waals surface area contributed by atoms with E-state index in [0.717, 1.165) is 5.70 Å². The highest BCUT2D eigenvalue weighted by Crippen LogP contribution is 2.02. The van der Waals surface area contributed by atoms with Crippen LogP contribution in [0.2, 0.25) is 0 Å². The fourth-order valence-corrected chi connectivity index (χ4v) is 0.702. The lowest BCUT2D eigenvalue weighted by atomic mass is 10.2. The molecule has 2 heteroatoms. The lowest BCUT2D eigenvalue weighted by Gasteiger charge is -2.13. The van der Waals surface area contributed by atoms with Gasteiger partial charge in [0.15, 0.2) is 0 Å². The van der Waals surface area contributed by atoms with Gasteiger partial charge in [-0.05, 0) is 12.8 Å². The largest absolute Gasteiger partial charge is 0.340 e. The molecule has 0 aromatic heterocycles. The molecule has 0 spiro atoms. The van der Waals surface area contributed by atoms with Crippen LogP contribution < -0.4 is 0 Å². The second-order valence-electron chi connectivity index (χ2n) is 2.79. The van der Waals surface area contributed by atoms with Gasteiger partial charge in [-0.15, -0.1) is 0 Å². The van der Waals surface area contributed by atoms with Gasteiger partial charge < -0.3 is 4.90 Å². The van der Waals surface area contributed by atoms with E-state index in [-0.39, 0.29) is 0 Å². The molecule has 0 unspecified atom stereocenters. The lowest BCUT2D eigenvalue weighted by molar-refractivity contribution is 0.625. The fraction of sp³-hybridized carbons (Fsp3) is 0.625. The standard InChI is InChI=1S/C8H16N2/c1-7(2)5-8(3)10(4)6-9/h5-7,9H,1-4H3/b8-5-,9-6?. The topological polar surface area (TPSA) is 27.1 Å². The summed E-state index contributed by atoms with van der Waals surface area (Å²) in [5.41, 5.74) is 1.13. The molecular weight excluding hydrogens is 124 g/mol. The van der Waals surface area contributed by atoms with E-state index in [1.54, 1.807) is 4.90 Å². The van der Waals surface area contributed by atoms with Crippen LogP contribution in [0.5, 0.6) is 0 Å². The third-order valence-corrected chi connectivity index (χ3v) is 1.32. The SMILES string of the molecule is C/C(=C/C(C)C)N(C)C=N. The average molecular weight is 140 g/mol. The predicted molar refractivity (Wildman–Crippen MR) is 45.1 cm³/mol. The molecule has 0 atom stereocenters. The van der Waals surface area contributed by atoms with Crippen molar-refractivity contribution in [3.05, 3.63) is 11.8 Å². The highest BCUT2D eigenvalue weighted by atomic mass is 15.1. The van der Waals surface area contributed by atoms with E-state index in [2.05, 4.69) is 19.9 Å². The van der Waals surface area contributed by atoms with Crippen LogP contribution in [0.3, 0.4) is 0 Å². The molecule has 10 heavy (non-hydrogen) atoms. The van der Waals surface area contributed by atoms with E-state index in [1.807, 2.05) is 14.0 Å². The van der Waals surface area contributed by atoms with Crippen LogP contribution in [-0.4, -0.2) is 18.3 Å². The second kappa shape index (κ2) is 4.09. The van der Waals surface area contributed by atoms with E-state index >= 15 is 0 Å². The van der Waals surface area contributed by atoms with Crippen LogP contribution in [0.25, 0.3) is 0 Å². The van der Waals surface area contributed by atoms with Gasteiger partial charge in [-0.25, -0.2) is 0 Å². The Kier molecular flexibility index (Phi) is 3.77. The molecule has 0 bridgehead atoms. The van der Waals surface area contributed by atoms with Crippen molar-refractivity contribution in [2.75, 3.05) is 7.05 Å². The van der Waals surface area contributed by atoms with Crippen LogP contribution in [0.15, 0.2) is 11.8 Å². The Morgan fingerprint density at radius 2 is 2.00 bits per heavy atom. The van der Waals surface area contributed by atoms with Crippen LogP contribution >= 0.6 is 0 Å². The molecular formula is C8H16N2. The van der Waals surface area contributed by atoms with Gasteiger partial charge in [0.05, 0.1) is 6.34 Å². The Labute approximate surface area is 63.0 Å². The molecule has 0 saturated heterocycles. The smallest absolute Gasteiger partial charge is 0.0856 e. The summed E-state index contributed by atoms with van der Waals surface area (Å²) >= 11 is 0. The molecule has 0 aliphatic carbocycles. The van der Waals surface area contributed by atoms with Crippen LogP contribution in [0.4, 0.5) is 0 Å². The molecule has 0 amide bonds. The Morgan fingerprint density at radius 1 is 1.50 bits per heavy atom. The predicted octanol–water partition coefficient (Wildman–Crippen LogP) is 2.09. The van der Waals surface area contributed by atoms with Gasteiger partial charge in [0, 0.05) is 12.7 Å². The zero-order chi connectivity index (χ0) is 8.15. The van der Waals surface area contributed by atoms with Crippen molar-refractivity contribution in [2.45, 2.75) is 20.8 Å². The van der Waals surface area contributed by atoms with Crippen molar-refractivity contribution in [1.29, 1.82) is 5.41 Å². The summed E-state index contributed by atoms with van der Waals surface area (Å²) in [6, 6.07) is 0. The van der Waals surface area contributed by atoms with Crippen molar-refractivity contribution < 1.29 is 0 Å². The summed E-state index contributed by atoms with van der Waals surface area (Å²) in [6.45, 7) is 6.26. The molecule has 0 fully saturated rings. The van der Waals surface area contributed by atoms with Crippen LogP contribution in [0, 0.1) is 11.3 Å². The molecule has 0 saturated carbocycles.